The van der Waals surface area contributed by atoms with Crippen LogP contribution in [-0.4, -0.2) is 54.6 Å². The number of carboxylic acid groups (broad SMARTS) is 1. The topological polar surface area (TPSA) is 96.9 Å². The molecule has 28 heavy (non-hydrogen) atoms. The van der Waals surface area contributed by atoms with Crippen LogP contribution in [0.2, 0.25) is 0 Å². The van der Waals surface area contributed by atoms with Gasteiger partial charge in [-0.15, -0.1) is 0 Å². The van der Waals surface area contributed by atoms with E-state index < -0.39 is 23.7 Å². The molecule has 1 amide bonds. The average Bonchev–Trinajstić information content (AvgIpc) is 2.62. The lowest BCUT2D eigenvalue weighted by atomic mass is 9.91. The molecule has 0 bridgehead atoms. The summed E-state index contributed by atoms with van der Waals surface area (Å²) in [6.07, 6.45) is 13.8. The maximum atomic E-state index is 11.2. The van der Waals surface area contributed by atoms with Gasteiger partial charge in [0, 0.05) is 19.2 Å². The number of carboxylic acids is 1. The molecule has 7 nitrogen and oxygen atoms in total. The Hall–Kier alpha value is -1.34. The van der Waals surface area contributed by atoms with E-state index in [-0.39, 0.29) is 6.61 Å². The van der Waals surface area contributed by atoms with Crippen LogP contribution in [0, 0.1) is 0 Å². The van der Waals surface area contributed by atoms with Crippen LogP contribution in [0.3, 0.4) is 0 Å². The van der Waals surface area contributed by atoms with Gasteiger partial charge < -0.3 is 25.2 Å². The van der Waals surface area contributed by atoms with Crippen molar-refractivity contribution in [2.24, 2.45) is 0 Å². The number of amides is 1. The maximum Gasteiger partial charge on any atom is 0.408 e. The van der Waals surface area contributed by atoms with Crippen LogP contribution in [0.4, 0.5) is 4.79 Å². The summed E-state index contributed by atoms with van der Waals surface area (Å²) < 4.78 is 9.54. The van der Waals surface area contributed by atoms with Gasteiger partial charge in [-0.2, -0.15) is 0 Å². The number of carbonyl (C=O) groups is 2. The highest BCUT2D eigenvalue weighted by Crippen LogP contribution is 2.22. The molecule has 0 aromatic heterocycles. The summed E-state index contributed by atoms with van der Waals surface area (Å²) in [4.78, 5) is 21.8. The number of nitrogens with one attached hydrogen (secondary N) is 2. The van der Waals surface area contributed by atoms with E-state index in [9.17, 15) is 9.59 Å². The van der Waals surface area contributed by atoms with Gasteiger partial charge in [0.15, 0.2) is 6.04 Å². The van der Waals surface area contributed by atoms with Crippen molar-refractivity contribution in [1.82, 2.24) is 10.6 Å². The summed E-state index contributed by atoms with van der Waals surface area (Å²) in [5, 5.41) is 14.7. The first-order valence-corrected chi connectivity index (χ1v) is 10.7. The van der Waals surface area contributed by atoms with E-state index in [2.05, 4.69) is 15.4 Å². The Morgan fingerprint density at radius 2 is 1.43 bits per heavy atom. The first kappa shape index (κ1) is 24.7. The lowest BCUT2D eigenvalue weighted by Gasteiger charge is -2.30. The number of carbonyl (C=O) groups excluding carboxylic acids is 1. The minimum Gasteiger partial charge on any atom is -0.480 e. The fourth-order valence-corrected chi connectivity index (χ4v) is 3.66. The summed E-state index contributed by atoms with van der Waals surface area (Å²) in [5.41, 5.74) is -0.653. The molecule has 2 saturated carbocycles. The molecule has 164 valence electrons. The minimum atomic E-state index is -1.16. The van der Waals surface area contributed by atoms with E-state index in [1.54, 1.807) is 20.8 Å². The fourth-order valence-electron chi connectivity index (χ4n) is 3.66. The molecule has 0 heterocycles. The molecule has 0 spiro atoms. The summed E-state index contributed by atoms with van der Waals surface area (Å²) in [6.45, 7) is 4.98. The second-order valence-electron chi connectivity index (χ2n) is 8.83. The molecular formula is C21H40N2O5. The molecule has 0 unspecified atom stereocenters. The smallest absolute Gasteiger partial charge is 0.408 e. The van der Waals surface area contributed by atoms with Gasteiger partial charge in [-0.1, -0.05) is 38.5 Å². The number of rotatable bonds is 6. The van der Waals surface area contributed by atoms with Crippen molar-refractivity contribution < 1.29 is 24.2 Å². The third-order valence-electron chi connectivity index (χ3n) is 5.00. The van der Waals surface area contributed by atoms with E-state index in [1.807, 2.05) is 0 Å². The van der Waals surface area contributed by atoms with E-state index in [0.717, 1.165) is 12.1 Å². The van der Waals surface area contributed by atoms with Gasteiger partial charge in [-0.25, -0.2) is 9.59 Å². The van der Waals surface area contributed by atoms with Gasteiger partial charge in [0.1, 0.15) is 5.60 Å². The molecule has 2 rings (SSSR count). The van der Waals surface area contributed by atoms with Crippen molar-refractivity contribution >= 4 is 12.1 Å². The highest BCUT2D eigenvalue weighted by molar-refractivity contribution is 5.80. The van der Waals surface area contributed by atoms with Crippen LogP contribution in [0.25, 0.3) is 0 Å². The van der Waals surface area contributed by atoms with Crippen molar-refractivity contribution in [3.63, 3.8) is 0 Å². The molecule has 1 atom stereocenters. The summed E-state index contributed by atoms with van der Waals surface area (Å²) in [7, 11) is 1.35. The van der Waals surface area contributed by atoms with E-state index in [4.69, 9.17) is 9.84 Å². The van der Waals surface area contributed by atoms with Gasteiger partial charge in [0.25, 0.3) is 0 Å². The zero-order chi connectivity index (χ0) is 21.0. The van der Waals surface area contributed by atoms with E-state index >= 15 is 0 Å². The molecule has 0 aromatic rings. The third kappa shape index (κ3) is 11.5. The Bertz CT molecular complexity index is 436. The molecule has 2 fully saturated rings. The van der Waals surface area contributed by atoms with Crippen LogP contribution in [0.5, 0.6) is 0 Å². The van der Waals surface area contributed by atoms with Crippen molar-refractivity contribution in [2.75, 3.05) is 13.7 Å². The average molecular weight is 401 g/mol. The second kappa shape index (κ2) is 13.0. The predicted molar refractivity (Wildman–Crippen MR) is 110 cm³/mol. The van der Waals surface area contributed by atoms with Gasteiger partial charge in [0.05, 0.1) is 6.61 Å². The van der Waals surface area contributed by atoms with Crippen molar-refractivity contribution in [3.8, 4) is 0 Å². The SMILES string of the molecule is C1CCC(NC2CCCCC2)CC1.COC[C@@H](NC(=O)OC(C)(C)C)C(=O)O. The fraction of sp³-hybridized carbons (Fsp3) is 0.905. The zero-order valence-corrected chi connectivity index (χ0v) is 18.1. The number of methoxy groups -OCH3 is 1. The van der Waals surface area contributed by atoms with Gasteiger partial charge >= 0.3 is 12.1 Å². The highest BCUT2D eigenvalue weighted by atomic mass is 16.6. The van der Waals surface area contributed by atoms with Gasteiger partial charge in [-0.3, -0.25) is 0 Å². The van der Waals surface area contributed by atoms with Crippen LogP contribution >= 0.6 is 0 Å². The van der Waals surface area contributed by atoms with Crippen LogP contribution < -0.4 is 10.6 Å². The van der Waals surface area contributed by atoms with Crippen LogP contribution in [-0.2, 0) is 14.3 Å². The molecule has 7 heteroatoms. The Labute approximate surface area is 169 Å². The molecule has 0 radical (unpaired) electrons. The molecule has 0 aliphatic heterocycles. The Kier molecular flexibility index (Phi) is 11.5. The first-order chi connectivity index (χ1) is 13.2. The summed E-state index contributed by atoms with van der Waals surface area (Å²) >= 11 is 0. The highest BCUT2D eigenvalue weighted by Gasteiger charge is 2.23. The quantitative estimate of drug-likeness (QED) is 0.626. The molecule has 0 saturated heterocycles. The lowest BCUT2D eigenvalue weighted by molar-refractivity contribution is -0.140. The summed E-state index contributed by atoms with van der Waals surface area (Å²) in [6, 6.07) is 0.651. The largest absolute Gasteiger partial charge is 0.480 e. The normalized spacial score (nSPS) is 19.9. The summed E-state index contributed by atoms with van der Waals surface area (Å²) in [5.74, 6) is -1.16. The maximum absolute atomic E-state index is 11.2. The minimum absolute atomic E-state index is 0.103. The molecule has 3 N–H and O–H groups in total. The monoisotopic (exact) mass is 400 g/mol. The van der Waals surface area contributed by atoms with Crippen LogP contribution in [0.1, 0.15) is 85.0 Å². The number of ether oxygens (including phenoxy) is 2. The number of aliphatic carboxylic acids is 1. The van der Waals surface area contributed by atoms with Crippen molar-refractivity contribution in [2.45, 2.75) is 109 Å². The zero-order valence-electron chi connectivity index (χ0n) is 18.1. The van der Waals surface area contributed by atoms with E-state index in [0.29, 0.717) is 0 Å². The molecular weight excluding hydrogens is 360 g/mol. The third-order valence-corrected chi connectivity index (χ3v) is 5.00. The number of hydrogen-bond donors (Lipinski definition) is 3. The molecule has 2 aliphatic carbocycles. The van der Waals surface area contributed by atoms with Gasteiger partial charge in [-0.05, 0) is 46.5 Å². The Morgan fingerprint density at radius 3 is 1.79 bits per heavy atom. The Morgan fingerprint density at radius 1 is 0.964 bits per heavy atom. The van der Waals surface area contributed by atoms with E-state index in [1.165, 1.54) is 71.3 Å². The number of alkyl carbamates (subject to hydrolysis) is 1. The van der Waals surface area contributed by atoms with Gasteiger partial charge in [0.2, 0.25) is 0 Å². The standard InChI is InChI=1S/C12H23N.C9H17NO5/c1-3-7-11(8-4-1)13-12-9-5-2-6-10-12;1-9(2,3)15-8(13)10-6(5-14-4)7(11)12/h11-13H,1-10H2;6H,5H2,1-4H3,(H,10,13)(H,11,12)/t;6-/m.1/s1. The second-order valence-corrected chi connectivity index (χ2v) is 8.83. The first-order valence-electron chi connectivity index (χ1n) is 10.7. The lowest BCUT2D eigenvalue weighted by Crippen LogP contribution is -2.45. The number of hydrogen-bond acceptors (Lipinski definition) is 5. The predicted octanol–water partition coefficient (Wildman–Crippen LogP) is 3.85. The van der Waals surface area contributed by atoms with Crippen LogP contribution in [0.15, 0.2) is 0 Å². The van der Waals surface area contributed by atoms with Crippen molar-refractivity contribution in [3.05, 3.63) is 0 Å². The van der Waals surface area contributed by atoms with Crippen molar-refractivity contribution in [1.29, 1.82) is 0 Å². The molecule has 2 aliphatic rings. The Balaban J connectivity index is 0.000000281. The molecule has 0 aromatic carbocycles.